The van der Waals surface area contributed by atoms with Crippen LogP contribution in [-0.4, -0.2) is 37.2 Å². The number of hydrogen-bond acceptors (Lipinski definition) is 6. The molecular weight excluding hydrogens is 841 g/mol. The van der Waals surface area contributed by atoms with E-state index in [0.29, 0.717) is 19.3 Å². The van der Waals surface area contributed by atoms with Gasteiger partial charge in [0, 0.05) is 19.3 Å². The molecule has 1 unspecified atom stereocenters. The third-order valence-electron chi connectivity index (χ3n) is 12.4. The van der Waals surface area contributed by atoms with Gasteiger partial charge in [-0.1, -0.05) is 229 Å². The van der Waals surface area contributed by atoms with Gasteiger partial charge in [-0.2, -0.15) is 0 Å². The second-order valence-corrected chi connectivity index (χ2v) is 19.2. The van der Waals surface area contributed by atoms with Crippen molar-refractivity contribution in [2.24, 2.45) is 0 Å². The van der Waals surface area contributed by atoms with Gasteiger partial charge in [-0.15, -0.1) is 0 Å². The molecule has 0 saturated carbocycles. The Bertz CT molecular complexity index is 1270. The van der Waals surface area contributed by atoms with Gasteiger partial charge >= 0.3 is 17.9 Å². The molecule has 1 atom stereocenters. The number of hydrogen-bond donors (Lipinski definition) is 0. The summed E-state index contributed by atoms with van der Waals surface area (Å²) in [5.41, 5.74) is 0. The van der Waals surface area contributed by atoms with Crippen LogP contribution in [0, 0.1) is 0 Å². The summed E-state index contributed by atoms with van der Waals surface area (Å²) in [6.07, 6.45) is 71.8. The van der Waals surface area contributed by atoms with Crippen molar-refractivity contribution in [1.29, 1.82) is 0 Å². The molecule has 0 amide bonds. The first kappa shape index (κ1) is 64.8. The van der Waals surface area contributed by atoms with Crippen LogP contribution in [0.25, 0.3) is 0 Å². The molecule has 0 aromatic heterocycles. The molecule has 0 spiro atoms. The minimum absolute atomic E-state index is 0.101. The fraction of sp³-hybridized carbons (Fsp3) is 0.758. The van der Waals surface area contributed by atoms with E-state index in [1.54, 1.807) is 0 Å². The highest BCUT2D eigenvalue weighted by Crippen LogP contribution is 2.14. The molecule has 0 saturated heterocycles. The molecule has 6 heteroatoms. The van der Waals surface area contributed by atoms with Crippen molar-refractivity contribution < 1.29 is 28.6 Å². The predicted molar refractivity (Wildman–Crippen MR) is 293 cm³/mol. The number of ether oxygens (including phenoxy) is 3. The Kier molecular flexibility index (Phi) is 53.8. The summed E-state index contributed by atoms with van der Waals surface area (Å²) >= 11 is 0. The van der Waals surface area contributed by atoms with Gasteiger partial charge in [-0.25, -0.2) is 0 Å². The monoisotopic (exact) mass is 949 g/mol. The number of rotatable bonds is 52. The summed E-state index contributed by atoms with van der Waals surface area (Å²) in [5, 5.41) is 0. The molecule has 0 bridgehead atoms. The first-order valence-corrected chi connectivity index (χ1v) is 28.9. The summed E-state index contributed by atoms with van der Waals surface area (Å²) < 4.78 is 16.8. The van der Waals surface area contributed by atoms with Crippen molar-refractivity contribution in [2.75, 3.05) is 13.2 Å². The highest BCUT2D eigenvalue weighted by Gasteiger charge is 2.19. The quantitative estimate of drug-likeness (QED) is 0.0262. The molecule has 0 rings (SSSR count). The molecule has 0 radical (unpaired) electrons. The molecule has 0 N–H and O–H groups in total. The van der Waals surface area contributed by atoms with Crippen molar-refractivity contribution in [3.05, 3.63) is 72.9 Å². The van der Waals surface area contributed by atoms with E-state index >= 15 is 0 Å². The van der Waals surface area contributed by atoms with E-state index in [1.807, 2.05) is 0 Å². The smallest absolute Gasteiger partial charge is 0.306 e. The molecule has 68 heavy (non-hydrogen) atoms. The fourth-order valence-corrected chi connectivity index (χ4v) is 8.01. The van der Waals surface area contributed by atoms with E-state index in [9.17, 15) is 14.4 Å². The number of carbonyl (C=O) groups is 3. The van der Waals surface area contributed by atoms with E-state index in [-0.39, 0.29) is 37.5 Å². The third-order valence-corrected chi connectivity index (χ3v) is 12.4. The van der Waals surface area contributed by atoms with Crippen molar-refractivity contribution in [1.82, 2.24) is 0 Å². The lowest BCUT2D eigenvalue weighted by Crippen LogP contribution is -2.30. The van der Waals surface area contributed by atoms with Gasteiger partial charge in [0.05, 0.1) is 0 Å². The van der Waals surface area contributed by atoms with E-state index < -0.39 is 6.10 Å². The second kappa shape index (κ2) is 56.4. The van der Waals surface area contributed by atoms with Gasteiger partial charge in [-0.3, -0.25) is 14.4 Å². The minimum Gasteiger partial charge on any atom is -0.462 e. The third kappa shape index (κ3) is 53.8. The normalized spacial score (nSPS) is 12.6. The van der Waals surface area contributed by atoms with Crippen LogP contribution in [0.4, 0.5) is 0 Å². The first-order chi connectivity index (χ1) is 33.5. The SMILES string of the molecule is CCCCC/C=C\C/C=C\C/C=C\C/C=C\CCCC(=O)OC(COC(=O)CCCCCCC/C=C\CCCCCCCCCCC)COC(=O)CCCCCCCCC/C=C\CCCCCC. The van der Waals surface area contributed by atoms with Gasteiger partial charge < -0.3 is 14.2 Å². The van der Waals surface area contributed by atoms with Crippen molar-refractivity contribution in [2.45, 2.75) is 290 Å². The van der Waals surface area contributed by atoms with Gasteiger partial charge in [0.2, 0.25) is 0 Å². The molecule has 0 aliphatic heterocycles. The fourth-order valence-electron chi connectivity index (χ4n) is 8.01. The van der Waals surface area contributed by atoms with Crippen LogP contribution in [0.2, 0.25) is 0 Å². The molecule has 392 valence electrons. The summed E-state index contributed by atoms with van der Waals surface area (Å²) in [6, 6.07) is 0. The van der Waals surface area contributed by atoms with Crippen molar-refractivity contribution >= 4 is 17.9 Å². The Labute approximate surface area is 421 Å². The van der Waals surface area contributed by atoms with Crippen LogP contribution in [0.3, 0.4) is 0 Å². The topological polar surface area (TPSA) is 78.9 Å². The van der Waals surface area contributed by atoms with E-state index in [0.717, 1.165) is 70.6 Å². The average Bonchev–Trinajstić information content (AvgIpc) is 3.34. The largest absolute Gasteiger partial charge is 0.462 e. The average molecular weight is 950 g/mol. The molecular formula is C62H108O6. The summed E-state index contributed by atoms with van der Waals surface area (Å²) in [6.45, 7) is 6.56. The maximum absolute atomic E-state index is 12.8. The summed E-state index contributed by atoms with van der Waals surface area (Å²) in [5.74, 6) is -0.963. The van der Waals surface area contributed by atoms with E-state index in [1.165, 1.54) is 167 Å². The summed E-state index contributed by atoms with van der Waals surface area (Å²) in [7, 11) is 0. The zero-order valence-electron chi connectivity index (χ0n) is 44.9. The van der Waals surface area contributed by atoms with Crippen LogP contribution in [0.1, 0.15) is 284 Å². The van der Waals surface area contributed by atoms with Crippen LogP contribution in [0.15, 0.2) is 72.9 Å². The first-order valence-electron chi connectivity index (χ1n) is 28.9. The second-order valence-electron chi connectivity index (χ2n) is 19.2. The Morgan fingerprint density at radius 2 is 0.544 bits per heavy atom. The van der Waals surface area contributed by atoms with E-state index in [4.69, 9.17) is 14.2 Å². The Morgan fingerprint density at radius 1 is 0.294 bits per heavy atom. The molecule has 0 fully saturated rings. The van der Waals surface area contributed by atoms with Crippen molar-refractivity contribution in [3.63, 3.8) is 0 Å². The molecule has 0 aliphatic rings. The number of carbonyl (C=O) groups excluding carboxylic acids is 3. The lowest BCUT2D eigenvalue weighted by molar-refractivity contribution is -0.167. The van der Waals surface area contributed by atoms with Gasteiger partial charge in [0.15, 0.2) is 6.10 Å². The molecule has 0 aliphatic carbocycles. The predicted octanol–water partition coefficient (Wildman–Crippen LogP) is 19.4. The Hall–Kier alpha value is -3.15. The highest BCUT2D eigenvalue weighted by atomic mass is 16.6. The standard InChI is InChI=1S/C62H108O6/c1-4-7-10-13-16-19-22-25-28-30-32-34-37-40-43-46-49-52-55-61(64)67-58-59(57-66-60(63)54-51-48-45-42-39-36-33-27-24-21-18-15-12-9-6-3)68-62(65)56-53-50-47-44-41-38-35-31-29-26-23-20-17-14-11-8-5-2/h17,20-21,24,26,29,32,34-35,38,44,47,59H,4-16,18-19,22-23,25,27-28,30-31,33,36-37,39-43,45-46,48-58H2,1-3H3/b20-17-,24-21-,29-26-,34-32-,38-35-,47-44-. The van der Waals surface area contributed by atoms with Crippen LogP contribution in [0.5, 0.6) is 0 Å². The lowest BCUT2D eigenvalue weighted by atomic mass is 10.1. The minimum atomic E-state index is -0.809. The summed E-state index contributed by atoms with van der Waals surface area (Å²) in [4.78, 5) is 38.1. The van der Waals surface area contributed by atoms with Crippen LogP contribution in [-0.2, 0) is 28.6 Å². The van der Waals surface area contributed by atoms with Gasteiger partial charge in [-0.05, 0) is 109 Å². The number of unbranched alkanes of at least 4 members (excludes halogenated alkanes) is 29. The number of esters is 3. The number of allylic oxidation sites excluding steroid dienone is 12. The van der Waals surface area contributed by atoms with Gasteiger partial charge in [0.1, 0.15) is 13.2 Å². The van der Waals surface area contributed by atoms with Crippen LogP contribution < -0.4 is 0 Å². The van der Waals surface area contributed by atoms with Gasteiger partial charge in [0.25, 0.3) is 0 Å². The maximum atomic E-state index is 12.8. The van der Waals surface area contributed by atoms with E-state index in [2.05, 4.69) is 93.7 Å². The zero-order valence-corrected chi connectivity index (χ0v) is 44.9. The molecule has 0 heterocycles. The molecule has 0 aromatic rings. The Morgan fingerprint density at radius 3 is 0.926 bits per heavy atom. The van der Waals surface area contributed by atoms with Crippen LogP contribution >= 0.6 is 0 Å². The molecule has 6 nitrogen and oxygen atoms in total. The zero-order chi connectivity index (χ0) is 49.3. The van der Waals surface area contributed by atoms with Crippen molar-refractivity contribution in [3.8, 4) is 0 Å². The highest BCUT2D eigenvalue weighted by molar-refractivity contribution is 5.71. The molecule has 0 aromatic carbocycles. The lowest BCUT2D eigenvalue weighted by Gasteiger charge is -2.18. The Balaban J connectivity index is 4.47. The maximum Gasteiger partial charge on any atom is 0.306 e.